The van der Waals surface area contributed by atoms with Gasteiger partial charge in [0.2, 0.25) is 0 Å². The number of hydrogen-bond donors (Lipinski definition) is 0. The number of rotatable bonds is 0. The minimum Gasteiger partial charge on any atom is -0.429 e. The molecule has 0 saturated heterocycles. The van der Waals surface area contributed by atoms with E-state index in [0.29, 0.717) is 0 Å². The molecule has 0 amide bonds. The van der Waals surface area contributed by atoms with Gasteiger partial charge in [0, 0.05) is 0 Å². The van der Waals surface area contributed by atoms with Crippen molar-refractivity contribution in [2.75, 3.05) is 0 Å². The van der Waals surface area contributed by atoms with Gasteiger partial charge in [0.25, 0.3) is 0 Å². The molecule has 0 saturated carbocycles. The first kappa shape index (κ1) is 7.17. The highest BCUT2D eigenvalue weighted by Crippen LogP contribution is 1.64. The fraction of sp³-hybridized carbons (Fsp3) is 0. The van der Waals surface area contributed by atoms with Gasteiger partial charge in [0.1, 0.15) is 12.5 Å². The van der Waals surface area contributed by atoms with Crippen molar-refractivity contribution in [2.45, 2.75) is 0 Å². The molecule has 8 heavy (non-hydrogen) atoms. The van der Waals surface area contributed by atoms with Crippen LogP contribution in [0.15, 0.2) is 27.9 Å². The Balaban J connectivity index is 0.000000490. The SMILES string of the molecule is Cl.O=c1cncco1. The molecule has 3 nitrogen and oxygen atoms in total. The Hall–Kier alpha value is -0.830. The van der Waals surface area contributed by atoms with Crippen LogP contribution in [0.2, 0.25) is 0 Å². The van der Waals surface area contributed by atoms with E-state index in [2.05, 4.69) is 9.40 Å². The lowest BCUT2D eigenvalue weighted by atomic mass is 10.8. The Labute approximate surface area is 51.8 Å². The fourth-order valence-electron chi connectivity index (χ4n) is 0.267. The summed E-state index contributed by atoms with van der Waals surface area (Å²) in [5.41, 5.74) is -0.414. The third kappa shape index (κ3) is 1.75. The lowest BCUT2D eigenvalue weighted by molar-refractivity contribution is 0.502. The highest BCUT2D eigenvalue weighted by Gasteiger charge is 1.73. The molecule has 44 valence electrons. The van der Waals surface area contributed by atoms with E-state index in [-0.39, 0.29) is 12.4 Å². The molecule has 1 aromatic rings. The van der Waals surface area contributed by atoms with Gasteiger partial charge in [-0.05, 0) is 0 Å². The van der Waals surface area contributed by atoms with Crippen LogP contribution < -0.4 is 5.63 Å². The molecule has 1 aromatic heterocycles. The van der Waals surface area contributed by atoms with E-state index in [1.54, 1.807) is 0 Å². The molecule has 0 aliphatic carbocycles. The number of nitrogens with zero attached hydrogens (tertiary/aromatic N) is 1. The van der Waals surface area contributed by atoms with Gasteiger partial charge < -0.3 is 4.42 Å². The summed E-state index contributed by atoms with van der Waals surface area (Å²) in [6, 6.07) is 0. The van der Waals surface area contributed by atoms with Gasteiger partial charge in [0.15, 0.2) is 0 Å². The van der Waals surface area contributed by atoms with E-state index < -0.39 is 5.63 Å². The molecule has 1 rings (SSSR count). The van der Waals surface area contributed by atoms with E-state index in [1.807, 2.05) is 0 Å². The van der Waals surface area contributed by atoms with Crippen molar-refractivity contribution >= 4 is 12.4 Å². The maximum absolute atomic E-state index is 10.0. The van der Waals surface area contributed by atoms with Crippen LogP contribution in [0.3, 0.4) is 0 Å². The zero-order valence-corrected chi connectivity index (χ0v) is 4.72. The summed E-state index contributed by atoms with van der Waals surface area (Å²) in [6.07, 6.45) is 3.75. The first-order chi connectivity index (χ1) is 3.39. The predicted octanol–water partition coefficient (Wildman–Crippen LogP) is 0.457. The number of aromatic nitrogens is 1. The third-order valence-corrected chi connectivity index (χ3v) is 0.511. The van der Waals surface area contributed by atoms with Crippen molar-refractivity contribution in [3.05, 3.63) is 29.1 Å². The highest BCUT2D eigenvalue weighted by atomic mass is 35.5. The van der Waals surface area contributed by atoms with E-state index in [1.165, 1.54) is 12.5 Å². The van der Waals surface area contributed by atoms with Crippen LogP contribution in [0.5, 0.6) is 0 Å². The average molecular weight is 134 g/mol. The molecular formula is C4H4ClNO2. The highest BCUT2D eigenvalue weighted by molar-refractivity contribution is 5.85. The summed E-state index contributed by atoms with van der Waals surface area (Å²) in [4.78, 5) is 13.5. The number of halogens is 1. The summed E-state index contributed by atoms with van der Waals surface area (Å²) in [7, 11) is 0. The molecule has 0 radical (unpaired) electrons. The first-order valence-electron chi connectivity index (χ1n) is 1.78. The second kappa shape index (κ2) is 3.21. The predicted molar refractivity (Wildman–Crippen MR) is 30.0 cm³/mol. The zero-order valence-electron chi connectivity index (χ0n) is 3.90. The molecule has 0 aliphatic rings. The molecule has 0 N–H and O–H groups in total. The van der Waals surface area contributed by atoms with Crippen molar-refractivity contribution in [1.82, 2.24) is 4.98 Å². The van der Waals surface area contributed by atoms with Crippen LogP contribution in [-0.4, -0.2) is 4.98 Å². The van der Waals surface area contributed by atoms with Gasteiger partial charge >= 0.3 is 5.63 Å². The van der Waals surface area contributed by atoms with Gasteiger partial charge in [-0.25, -0.2) is 4.79 Å². The minimum atomic E-state index is -0.414. The molecule has 0 unspecified atom stereocenters. The summed E-state index contributed by atoms with van der Waals surface area (Å²) in [6.45, 7) is 0. The van der Waals surface area contributed by atoms with Crippen molar-refractivity contribution < 1.29 is 4.42 Å². The minimum absolute atomic E-state index is 0. The summed E-state index contributed by atoms with van der Waals surface area (Å²) in [5, 5.41) is 0. The fourth-order valence-corrected chi connectivity index (χ4v) is 0.267. The van der Waals surface area contributed by atoms with Gasteiger partial charge in [-0.3, -0.25) is 4.98 Å². The van der Waals surface area contributed by atoms with Crippen molar-refractivity contribution in [3.63, 3.8) is 0 Å². The molecule has 1 heterocycles. The quantitative estimate of drug-likeness (QED) is 0.516. The average Bonchev–Trinajstić information content (AvgIpc) is 1.69. The van der Waals surface area contributed by atoms with E-state index in [4.69, 9.17) is 0 Å². The van der Waals surface area contributed by atoms with Crippen LogP contribution in [0.4, 0.5) is 0 Å². The van der Waals surface area contributed by atoms with Crippen LogP contribution >= 0.6 is 12.4 Å². The molecule has 0 fully saturated rings. The van der Waals surface area contributed by atoms with Crippen molar-refractivity contribution in [1.29, 1.82) is 0 Å². The van der Waals surface area contributed by atoms with E-state index >= 15 is 0 Å². The van der Waals surface area contributed by atoms with Crippen LogP contribution in [0.25, 0.3) is 0 Å². The normalized spacial score (nSPS) is 7.50. The Bertz CT molecular complexity index is 180. The van der Waals surface area contributed by atoms with Crippen LogP contribution in [0.1, 0.15) is 0 Å². The molecular weight excluding hydrogens is 130 g/mol. The maximum Gasteiger partial charge on any atom is 0.354 e. The molecule has 4 heteroatoms. The summed E-state index contributed by atoms with van der Waals surface area (Å²) >= 11 is 0. The maximum atomic E-state index is 10.0. The van der Waals surface area contributed by atoms with Crippen LogP contribution in [-0.2, 0) is 0 Å². The lowest BCUT2D eigenvalue weighted by Crippen LogP contribution is -1.93. The standard InChI is InChI=1S/C4H3NO2.ClH/c6-4-3-5-1-2-7-4;/h1-3H;1H. The van der Waals surface area contributed by atoms with Gasteiger partial charge in [-0.15, -0.1) is 12.4 Å². The Morgan fingerprint density at radius 1 is 1.62 bits per heavy atom. The molecule has 0 spiro atoms. The first-order valence-corrected chi connectivity index (χ1v) is 1.78. The monoisotopic (exact) mass is 133 g/mol. The Morgan fingerprint density at radius 3 is 2.62 bits per heavy atom. The second-order valence-corrected chi connectivity index (χ2v) is 1.00. The summed E-state index contributed by atoms with van der Waals surface area (Å²) in [5.74, 6) is 0. The zero-order chi connectivity index (χ0) is 5.11. The van der Waals surface area contributed by atoms with Crippen molar-refractivity contribution in [3.8, 4) is 0 Å². The topological polar surface area (TPSA) is 43.1 Å². The second-order valence-electron chi connectivity index (χ2n) is 1.00. The van der Waals surface area contributed by atoms with Crippen molar-refractivity contribution in [2.24, 2.45) is 0 Å². The van der Waals surface area contributed by atoms with Gasteiger partial charge in [-0.1, -0.05) is 0 Å². The number of hydrogen-bond acceptors (Lipinski definition) is 3. The third-order valence-electron chi connectivity index (χ3n) is 0.511. The van der Waals surface area contributed by atoms with Crippen LogP contribution in [0, 0.1) is 0 Å². The van der Waals surface area contributed by atoms with E-state index in [0.717, 1.165) is 6.20 Å². The molecule has 0 aliphatic heterocycles. The molecule has 0 aromatic carbocycles. The van der Waals surface area contributed by atoms with Gasteiger partial charge in [-0.2, -0.15) is 0 Å². The molecule has 0 atom stereocenters. The Kier molecular flexibility index (Phi) is 2.88. The van der Waals surface area contributed by atoms with E-state index in [9.17, 15) is 4.79 Å². The molecule has 0 bridgehead atoms. The lowest BCUT2D eigenvalue weighted by Gasteiger charge is -1.72. The summed E-state index contributed by atoms with van der Waals surface area (Å²) < 4.78 is 4.31. The largest absolute Gasteiger partial charge is 0.429 e. The van der Waals surface area contributed by atoms with Gasteiger partial charge in [0.05, 0.1) is 6.20 Å². The smallest absolute Gasteiger partial charge is 0.354 e. The Morgan fingerprint density at radius 2 is 2.38 bits per heavy atom.